The lowest BCUT2D eigenvalue weighted by atomic mass is 9.98. The maximum Gasteiger partial charge on any atom is 0.231 e. The molecule has 1 aromatic rings. The van der Waals surface area contributed by atoms with E-state index in [1.807, 2.05) is 30.3 Å². The Morgan fingerprint density at radius 3 is 2.55 bits per heavy atom. The van der Waals surface area contributed by atoms with E-state index in [-0.39, 0.29) is 18.4 Å². The van der Waals surface area contributed by atoms with Crippen LogP contribution in [0.4, 0.5) is 5.69 Å². The number of rotatable bonds is 3. The minimum absolute atomic E-state index is 0.0236. The summed E-state index contributed by atoms with van der Waals surface area (Å²) in [6.07, 6.45) is 2.66. The monoisotopic (exact) mass is 296 g/mol. The molecule has 1 aromatic carbocycles. The number of para-hydroxylation sites is 1. The van der Waals surface area contributed by atoms with Gasteiger partial charge in [0.25, 0.3) is 0 Å². The minimum atomic E-state index is -3.22. The van der Waals surface area contributed by atoms with Gasteiger partial charge in [0.1, 0.15) is 0 Å². The van der Waals surface area contributed by atoms with Crippen LogP contribution < -0.4 is 4.90 Å². The quantitative estimate of drug-likeness (QED) is 0.845. The second-order valence-corrected chi connectivity index (χ2v) is 7.18. The Bertz CT molecular complexity index is 571. The molecule has 20 heavy (non-hydrogen) atoms. The number of carbonyl (C=O) groups excluding carboxylic acids is 1. The van der Waals surface area contributed by atoms with E-state index >= 15 is 0 Å². The highest BCUT2D eigenvalue weighted by atomic mass is 32.2. The molecule has 0 saturated carbocycles. The Morgan fingerprint density at radius 1 is 1.30 bits per heavy atom. The second-order valence-electron chi connectivity index (χ2n) is 5.19. The summed E-state index contributed by atoms with van der Waals surface area (Å²) in [6.45, 7) is 0.798. The Balaban J connectivity index is 2.09. The van der Waals surface area contributed by atoms with Gasteiger partial charge in [-0.15, -0.1) is 0 Å². The van der Waals surface area contributed by atoms with Crippen LogP contribution in [0.5, 0.6) is 0 Å². The van der Waals surface area contributed by atoms with E-state index in [4.69, 9.17) is 0 Å². The van der Waals surface area contributed by atoms with Crippen LogP contribution in [-0.2, 0) is 14.8 Å². The third-order valence-corrected chi connectivity index (χ3v) is 4.95. The van der Waals surface area contributed by atoms with Crippen molar-refractivity contribution in [1.29, 1.82) is 0 Å². The molecule has 1 amide bonds. The van der Waals surface area contributed by atoms with Crippen LogP contribution in [0.15, 0.2) is 30.3 Å². The zero-order valence-corrected chi connectivity index (χ0v) is 12.6. The van der Waals surface area contributed by atoms with Crippen LogP contribution >= 0.6 is 0 Å². The highest BCUT2D eigenvalue weighted by molar-refractivity contribution is 7.88. The van der Waals surface area contributed by atoms with Gasteiger partial charge in [-0.2, -0.15) is 0 Å². The molecule has 1 aliphatic heterocycles. The summed E-state index contributed by atoms with van der Waals surface area (Å²) in [4.78, 5) is 14.1. The Kier molecular flexibility index (Phi) is 4.45. The predicted octanol–water partition coefficient (Wildman–Crippen LogP) is 1.32. The average Bonchev–Trinajstić information content (AvgIpc) is 2.46. The number of benzene rings is 1. The molecule has 0 N–H and O–H groups in total. The lowest BCUT2D eigenvalue weighted by Gasteiger charge is -2.32. The fraction of sp³-hybridized carbons (Fsp3) is 0.500. The van der Waals surface area contributed by atoms with E-state index in [9.17, 15) is 13.2 Å². The molecule has 0 spiro atoms. The molecule has 0 radical (unpaired) electrons. The summed E-state index contributed by atoms with van der Waals surface area (Å²) < 4.78 is 24.6. The van der Waals surface area contributed by atoms with Crippen molar-refractivity contribution < 1.29 is 13.2 Å². The van der Waals surface area contributed by atoms with Crippen molar-refractivity contribution in [2.45, 2.75) is 12.8 Å². The van der Waals surface area contributed by atoms with Crippen molar-refractivity contribution >= 4 is 21.6 Å². The molecule has 1 fully saturated rings. The number of anilines is 1. The van der Waals surface area contributed by atoms with E-state index in [1.165, 1.54) is 10.6 Å². The normalized spacial score (nSPS) is 20.6. The van der Waals surface area contributed by atoms with Crippen LogP contribution in [0.3, 0.4) is 0 Å². The Labute approximate surface area is 120 Å². The fourth-order valence-corrected chi connectivity index (χ4v) is 3.41. The van der Waals surface area contributed by atoms with Gasteiger partial charge in [-0.3, -0.25) is 4.79 Å². The molecule has 0 aromatic heterocycles. The molecule has 5 nitrogen and oxygen atoms in total. The number of hydrogen-bond donors (Lipinski definition) is 0. The summed E-state index contributed by atoms with van der Waals surface area (Å²) >= 11 is 0. The molecule has 2 rings (SSSR count). The van der Waals surface area contributed by atoms with Crippen LogP contribution in [0.25, 0.3) is 0 Å². The van der Waals surface area contributed by atoms with Gasteiger partial charge in [-0.1, -0.05) is 18.2 Å². The number of nitrogens with zero attached hydrogens (tertiary/aromatic N) is 2. The molecule has 6 heteroatoms. The molecular weight excluding hydrogens is 276 g/mol. The summed E-state index contributed by atoms with van der Waals surface area (Å²) in [7, 11) is -1.49. The maximum absolute atomic E-state index is 12.5. The largest absolute Gasteiger partial charge is 0.315 e. The van der Waals surface area contributed by atoms with Gasteiger partial charge in [0.2, 0.25) is 15.9 Å². The molecule has 0 aliphatic carbocycles. The first-order chi connectivity index (χ1) is 9.39. The zero-order valence-electron chi connectivity index (χ0n) is 11.8. The summed E-state index contributed by atoms with van der Waals surface area (Å²) in [5, 5.41) is 0. The number of piperidine rings is 1. The van der Waals surface area contributed by atoms with Crippen LogP contribution in [0.2, 0.25) is 0 Å². The zero-order chi connectivity index (χ0) is 14.8. The topological polar surface area (TPSA) is 57.7 Å². The molecule has 1 heterocycles. The van der Waals surface area contributed by atoms with Gasteiger partial charge in [0.05, 0.1) is 12.2 Å². The van der Waals surface area contributed by atoms with E-state index in [1.54, 1.807) is 11.9 Å². The molecule has 1 saturated heterocycles. The SMILES string of the molecule is CN(C(=O)C1CCCN(S(C)(=O)=O)C1)c1ccccc1. The van der Waals surface area contributed by atoms with E-state index in [0.717, 1.165) is 18.5 Å². The molecule has 0 bridgehead atoms. The number of sulfonamides is 1. The van der Waals surface area contributed by atoms with Crippen molar-refractivity contribution in [3.05, 3.63) is 30.3 Å². The number of amides is 1. The van der Waals surface area contributed by atoms with Gasteiger partial charge in [0, 0.05) is 25.8 Å². The van der Waals surface area contributed by atoms with Crippen molar-refractivity contribution in [2.24, 2.45) is 5.92 Å². The molecular formula is C14H20N2O3S. The van der Waals surface area contributed by atoms with Crippen LogP contribution in [0.1, 0.15) is 12.8 Å². The highest BCUT2D eigenvalue weighted by Crippen LogP contribution is 2.22. The Hall–Kier alpha value is -1.40. The lowest BCUT2D eigenvalue weighted by Crippen LogP contribution is -2.45. The molecule has 1 atom stereocenters. The molecule has 1 aliphatic rings. The summed E-state index contributed by atoms with van der Waals surface area (Å²) in [5.74, 6) is -0.284. The van der Waals surface area contributed by atoms with Gasteiger partial charge in [0.15, 0.2) is 0 Å². The van der Waals surface area contributed by atoms with E-state index in [2.05, 4.69) is 0 Å². The molecule has 110 valence electrons. The van der Waals surface area contributed by atoms with Crippen LogP contribution in [0, 0.1) is 5.92 Å². The second kappa shape index (κ2) is 5.93. The summed E-state index contributed by atoms with van der Waals surface area (Å²) in [6, 6.07) is 9.39. The average molecular weight is 296 g/mol. The van der Waals surface area contributed by atoms with E-state index < -0.39 is 10.0 Å². The van der Waals surface area contributed by atoms with Crippen molar-refractivity contribution in [1.82, 2.24) is 4.31 Å². The maximum atomic E-state index is 12.5. The van der Waals surface area contributed by atoms with Gasteiger partial charge in [-0.05, 0) is 25.0 Å². The van der Waals surface area contributed by atoms with Crippen molar-refractivity contribution in [2.75, 3.05) is 31.3 Å². The van der Waals surface area contributed by atoms with Gasteiger partial charge in [-0.25, -0.2) is 12.7 Å². The first-order valence-corrected chi connectivity index (χ1v) is 8.52. The van der Waals surface area contributed by atoms with Crippen LogP contribution in [-0.4, -0.2) is 45.0 Å². The fourth-order valence-electron chi connectivity index (χ4n) is 2.50. The number of carbonyl (C=O) groups is 1. The van der Waals surface area contributed by atoms with Crippen molar-refractivity contribution in [3.63, 3.8) is 0 Å². The third-order valence-electron chi connectivity index (χ3n) is 3.68. The number of hydrogen-bond acceptors (Lipinski definition) is 3. The first-order valence-electron chi connectivity index (χ1n) is 6.67. The minimum Gasteiger partial charge on any atom is -0.315 e. The third kappa shape index (κ3) is 3.37. The van der Waals surface area contributed by atoms with Crippen molar-refractivity contribution in [3.8, 4) is 0 Å². The van der Waals surface area contributed by atoms with Gasteiger partial charge >= 0.3 is 0 Å². The molecule has 1 unspecified atom stereocenters. The smallest absolute Gasteiger partial charge is 0.231 e. The first kappa shape index (κ1) is 15.0. The predicted molar refractivity (Wildman–Crippen MR) is 79.0 cm³/mol. The lowest BCUT2D eigenvalue weighted by molar-refractivity contribution is -0.123. The summed E-state index contributed by atoms with van der Waals surface area (Å²) in [5.41, 5.74) is 0.828. The van der Waals surface area contributed by atoms with E-state index in [0.29, 0.717) is 6.54 Å². The highest BCUT2D eigenvalue weighted by Gasteiger charge is 2.31. The standard InChI is InChI=1S/C14H20N2O3S/c1-15(13-8-4-3-5-9-13)14(17)12-7-6-10-16(11-12)20(2,18)19/h3-5,8-9,12H,6-7,10-11H2,1-2H3. The Morgan fingerprint density at radius 2 is 1.95 bits per heavy atom. The van der Waals surface area contributed by atoms with Gasteiger partial charge < -0.3 is 4.90 Å².